The minimum absolute atomic E-state index is 0.00588. The topological polar surface area (TPSA) is 71.4 Å². The molecule has 1 aliphatic heterocycles. The van der Waals surface area contributed by atoms with E-state index in [9.17, 15) is 4.79 Å². The molecule has 1 fully saturated rings. The van der Waals surface area contributed by atoms with Crippen LogP contribution in [0.4, 0.5) is 0 Å². The van der Waals surface area contributed by atoms with Crippen molar-refractivity contribution >= 4 is 16.9 Å². The van der Waals surface area contributed by atoms with Crippen molar-refractivity contribution in [3.8, 4) is 0 Å². The summed E-state index contributed by atoms with van der Waals surface area (Å²) in [6.07, 6.45) is 1.69. The van der Waals surface area contributed by atoms with Crippen molar-refractivity contribution in [3.05, 3.63) is 53.5 Å². The van der Waals surface area contributed by atoms with E-state index in [4.69, 9.17) is 9.15 Å². The van der Waals surface area contributed by atoms with E-state index in [1.807, 2.05) is 42.2 Å². The zero-order valence-corrected chi connectivity index (χ0v) is 12.8. The molecule has 4 rings (SSSR count). The molecule has 0 bridgehead atoms. The molecular formula is C17H17N3O3. The fourth-order valence-corrected chi connectivity index (χ4v) is 3.03. The first-order chi connectivity index (χ1) is 11.2. The minimum Gasteiger partial charge on any atom is -0.461 e. The van der Waals surface area contributed by atoms with E-state index in [1.165, 1.54) is 0 Å². The quantitative estimate of drug-likeness (QED) is 0.790. The molecule has 1 aromatic carbocycles. The first kappa shape index (κ1) is 14.0. The number of nitrogens with zero attached hydrogens (tertiary/aromatic N) is 2. The predicted molar refractivity (Wildman–Crippen MR) is 84.1 cm³/mol. The molecule has 23 heavy (non-hydrogen) atoms. The van der Waals surface area contributed by atoms with Gasteiger partial charge in [-0.15, -0.1) is 0 Å². The molecule has 1 aliphatic rings. The largest absolute Gasteiger partial charge is 0.461 e. The van der Waals surface area contributed by atoms with Gasteiger partial charge in [0, 0.05) is 23.7 Å². The van der Waals surface area contributed by atoms with Gasteiger partial charge in [-0.2, -0.15) is 5.10 Å². The smallest absolute Gasteiger partial charge is 0.254 e. The molecule has 1 amide bonds. The molecule has 0 saturated carbocycles. The number of nitrogens with one attached hydrogen (secondary N) is 1. The van der Waals surface area contributed by atoms with E-state index in [-0.39, 0.29) is 11.9 Å². The van der Waals surface area contributed by atoms with E-state index in [2.05, 4.69) is 10.2 Å². The number of rotatable bonds is 2. The molecule has 3 aromatic rings. The first-order valence-electron chi connectivity index (χ1n) is 7.60. The Labute approximate surface area is 133 Å². The molecule has 1 saturated heterocycles. The lowest BCUT2D eigenvalue weighted by atomic mass is 10.1. The number of ether oxygens (including phenoxy) is 1. The Morgan fingerprint density at radius 3 is 3.09 bits per heavy atom. The fourth-order valence-electron chi connectivity index (χ4n) is 3.03. The molecule has 0 spiro atoms. The lowest BCUT2D eigenvalue weighted by Gasteiger charge is -2.35. The minimum atomic E-state index is -0.138. The van der Waals surface area contributed by atoms with Crippen molar-refractivity contribution in [2.45, 2.75) is 13.0 Å². The molecule has 0 aliphatic carbocycles. The van der Waals surface area contributed by atoms with E-state index < -0.39 is 0 Å². The van der Waals surface area contributed by atoms with E-state index >= 15 is 0 Å². The second-order valence-corrected chi connectivity index (χ2v) is 5.71. The number of hydrogen-bond donors (Lipinski definition) is 1. The number of furan rings is 1. The van der Waals surface area contributed by atoms with Gasteiger partial charge in [0.2, 0.25) is 0 Å². The Morgan fingerprint density at radius 1 is 1.35 bits per heavy atom. The second kappa shape index (κ2) is 5.55. The highest BCUT2D eigenvalue weighted by Crippen LogP contribution is 2.26. The van der Waals surface area contributed by atoms with Crippen molar-refractivity contribution in [1.29, 1.82) is 0 Å². The Balaban J connectivity index is 1.67. The van der Waals surface area contributed by atoms with Crippen molar-refractivity contribution in [3.63, 3.8) is 0 Å². The average molecular weight is 311 g/mol. The number of carbonyl (C=O) groups is 1. The van der Waals surface area contributed by atoms with Gasteiger partial charge in [0.25, 0.3) is 5.91 Å². The SMILES string of the molecule is Cc1cc2cc(C(=O)N3CCOCC3c3ccn[nH]3)ccc2o1. The lowest BCUT2D eigenvalue weighted by Crippen LogP contribution is -2.43. The molecule has 6 nitrogen and oxygen atoms in total. The third-order valence-electron chi connectivity index (χ3n) is 4.16. The van der Waals surface area contributed by atoms with E-state index in [1.54, 1.807) is 6.20 Å². The van der Waals surface area contributed by atoms with Gasteiger partial charge in [0.1, 0.15) is 11.3 Å². The van der Waals surface area contributed by atoms with Gasteiger partial charge < -0.3 is 14.1 Å². The summed E-state index contributed by atoms with van der Waals surface area (Å²) in [6, 6.07) is 9.22. The molecule has 1 atom stereocenters. The van der Waals surface area contributed by atoms with Crippen LogP contribution in [0.25, 0.3) is 11.0 Å². The van der Waals surface area contributed by atoms with Gasteiger partial charge in [-0.3, -0.25) is 9.89 Å². The molecule has 118 valence electrons. The summed E-state index contributed by atoms with van der Waals surface area (Å²) in [4.78, 5) is 14.8. The average Bonchev–Trinajstić information content (AvgIpc) is 3.21. The molecule has 1 N–H and O–H groups in total. The van der Waals surface area contributed by atoms with Crippen LogP contribution in [-0.2, 0) is 4.74 Å². The normalized spacial score (nSPS) is 18.5. The van der Waals surface area contributed by atoms with Crippen LogP contribution in [0.1, 0.15) is 27.9 Å². The van der Waals surface area contributed by atoms with Crippen LogP contribution < -0.4 is 0 Å². The predicted octanol–water partition coefficient (Wildman–Crippen LogP) is 2.68. The van der Waals surface area contributed by atoms with Crippen molar-refractivity contribution in [2.24, 2.45) is 0 Å². The molecular weight excluding hydrogens is 294 g/mol. The summed E-state index contributed by atoms with van der Waals surface area (Å²) >= 11 is 0. The van der Waals surface area contributed by atoms with Crippen LogP contribution in [0.2, 0.25) is 0 Å². The Kier molecular flexibility index (Phi) is 3.38. The number of fused-ring (bicyclic) bond motifs is 1. The summed E-state index contributed by atoms with van der Waals surface area (Å²) < 4.78 is 11.1. The van der Waals surface area contributed by atoms with Crippen LogP contribution in [0.3, 0.4) is 0 Å². The van der Waals surface area contributed by atoms with Crippen molar-refractivity contribution in [1.82, 2.24) is 15.1 Å². The summed E-state index contributed by atoms with van der Waals surface area (Å²) in [6.45, 7) is 3.48. The lowest BCUT2D eigenvalue weighted by molar-refractivity contribution is -0.00390. The highest BCUT2D eigenvalue weighted by atomic mass is 16.5. The maximum Gasteiger partial charge on any atom is 0.254 e. The van der Waals surface area contributed by atoms with Gasteiger partial charge in [-0.1, -0.05) is 0 Å². The highest BCUT2D eigenvalue weighted by molar-refractivity contribution is 5.98. The maximum atomic E-state index is 13.0. The van der Waals surface area contributed by atoms with Crippen LogP contribution in [0, 0.1) is 6.92 Å². The number of carbonyl (C=O) groups excluding carboxylic acids is 1. The monoisotopic (exact) mass is 311 g/mol. The second-order valence-electron chi connectivity index (χ2n) is 5.71. The van der Waals surface area contributed by atoms with Crippen molar-refractivity contribution in [2.75, 3.05) is 19.8 Å². The standard InChI is InChI=1S/C17H17N3O3/c1-11-8-13-9-12(2-3-16(13)23-11)17(21)20-6-7-22-10-15(20)14-4-5-18-19-14/h2-5,8-9,15H,6-7,10H2,1H3,(H,18,19). The van der Waals surface area contributed by atoms with E-state index in [0.717, 1.165) is 22.4 Å². The Bertz CT molecular complexity index is 838. The number of amides is 1. The van der Waals surface area contributed by atoms with Crippen LogP contribution in [0.5, 0.6) is 0 Å². The maximum absolute atomic E-state index is 13.0. The third-order valence-corrected chi connectivity index (χ3v) is 4.16. The van der Waals surface area contributed by atoms with Crippen LogP contribution in [0.15, 0.2) is 40.9 Å². The number of morpholine rings is 1. The fraction of sp³-hybridized carbons (Fsp3) is 0.294. The number of aryl methyl sites for hydroxylation is 1. The summed E-state index contributed by atoms with van der Waals surface area (Å²) in [5.41, 5.74) is 2.34. The Morgan fingerprint density at radius 2 is 2.26 bits per heavy atom. The molecule has 1 unspecified atom stereocenters. The van der Waals surface area contributed by atoms with E-state index in [0.29, 0.717) is 25.3 Å². The first-order valence-corrected chi connectivity index (χ1v) is 7.60. The molecule has 6 heteroatoms. The molecule has 0 radical (unpaired) electrons. The zero-order chi connectivity index (χ0) is 15.8. The third kappa shape index (κ3) is 2.51. The van der Waals surface area contributed by atoms with Crippen molar-refractivity contribution < 1.29 is 13.9 Å². The summed E-state index contributed by atoms with van der Waals surface area (Å²) in [5.74, 6) is 0.833. The van der Waals surface area contributed by atoms with Crippen LogP contribution >= 0.6 is 0 Å². The van der Waals surface area contributed by atoms with Gasteiger partial charge in [0.05, 0.1) is 24.9 Å². The molecule has 2 aromatic heterocycles. The highest BCUT2D eigenvalue weighted by Gasteiger charge is 2.30. The number of aromatic amines is 1. The molecule has 3 heterocycles. The number of hydrogen-bond acceptors (Lipinski definition) is 4. The van der Waals surface area contributed by atoms with Gasteiger partial charge in [-0.25, -0.2) is 0 Å². The summed E-state index contributed by atoms with van der Waals surface area (Å²) in [7, 11) is 0. The van der Waals surface area contributed by atoms with Gasteiger partial charge in [-0.05, 0) is 37.3 Å². The zero-order valence-electron chi connectivity index (χ0n) is 12.8. The number of aromatic nitrogens is 2. The Hall–Kier alpha value is -2.60. The summed E-state index contributed by atoms with van der Waals surface area (Å²) in [5, 5.41) is 7.86. The van der Waals surface area contributed by atoms with Crippen LogP contribution in [-0.4, -0.2) is 40.8 Å². The number of benzene rings is 1. The number of H-pyrrole nitrogens is 1. The van der Waals surface area contributed by atoms with Gasteiger partial charge >= 0.3 is 0 Å². The van der Waals surface area contributed by atoms with Gasteiger partial charge in [0.15, 0.2) is 0 Å².